The first-order chi connectivity index (χ1) is 12.2. The number of carboxylic acid groups (broad SMARTS) is 1. The van der Waals surface area contributed by atoms with Gasteiger partial charge in [0.15, 0.2) is 0 Å². The average molecular weight is 339 g/mol. The average Bonchev–Trinajstić information content (AvgIpc) is 2.69. The molecule has 2 aromatic carbocycles. The number of para-hydroxylation sites is 1. The lowest BCUT2D eigenvalue weighted by molar-refractivity contribution is -0.0381. The summed E-state index contributed by atoms with van der Waals surface area (Å²) in [5.41, 5.74) is 3.78. The van der Waals surface area contributed by atoms with Gasteiger partial charge >= 0.3 is 5.97 Å². The fraction of sp³-hybridized carbons (Fsp3) is 0.381. The number of aromatic carboxylic acids is 1. The van der Waals surface area contributed by atoms with Crippen molar-refractivity contribution in [2.75, 3.05) is 11.9 Å². The summed E-state index contributed by atoms with van der Waals surface area (Å²) in [5, 5.41) is 12.7. The SMILES string of the molecule is CC.O=C(O)c1ccc(C2Nc3ccccc3C3OCCCC23)cc1. The highest BCUT2D eigenvalue weighted by molar-refractivity contribution is 5.87. The van der Waals surface area contributed by atoms with Crippen LogP contribution in [-0.2, 0) is 4.74 Å². The van der Waals surface area contributed by atoms with E-state index in [1.807, 2.05) is 32.0 Å². The van der Waals surface area contributed by atoms with Crippen molar-refractivity contribution >= 4 is 11.7 Å². The molecule has 0 amide bonds. The van der Waals surface area contributed by atoms with Crippen LogP contribution in [0.15, 0.2) is 48.5 Å². The van der Waals surface area contributed by atoms with Gasteiger partial charge in [0, 0.05) is 23.8 Å². The van der Waals surface area contributed by atoms with Crippen LogP contribution in [0, 0.1) is 5.92 Å². The molecular formula is C21H25NO3. The second-order valence-electron chi connectivity index (χ2n) is 6.23. The predicted octanol–water partition coefficient (Wildman–Crippen LogP) is 5.05. The highest BCUT2D eigenvalue weighted by Gasteiger charge is 2.39. The van der Waals surface area contributed by atoms with Crippen LogP contribution in [0.5, 0.6) is 0 Å². The number of nitrogens with one attached hydrogen (secondary N) is 1. The molecule has 132 valence electrons. The Morgan fingerprint density at radius 2 is 1.84 bits per heavy atom. The lowest BCUT2D eigenvalue weighted by Crippen LogP contribution is -2.35. The number of carbonyl (C=O) groups is 1. The van der Waals surface area contributed by atoms with Crippen LogP contribution in [-0.4, -0.2) is 17.7 Å². The van der Waals surface area contributed by atoms with E-state index in [9.17, 15) is 4.79 Å². The Bertz CT molecular complexity index is 726. The Balaban J connectivity index is 0.000000880. The Kier molecular flexibility index (Phi) is 5.39. The molecule has 0 bridgehead atoms. The minimum atomic E-state index is -0.891. The monoisotopic (exact) mass is 339 g/mol. The van der Waals surface area contributed by atoms with Gasteiger partial charge in [-0.2, -0.15) is 0 Å². The third-order valence-electron chi connectivity index (χ3n) is 4.89. The molecule has 2 aromatic rings. The van der Waals surface area contributed by atoms with E-state index < -0.39 is 5.97 Å². The standard InChI is InChI=1S/C19H19NO3.C2H6/c21-19(22)13-9-7-12(8-10-13)17-15-5-3-11-23-18(15)14-4-1-2-6-16(14)20-17;1-2/h1-2,4,6-10,15,17-18,20H,3,5,11H2,(H,21,22);1-2H3. The highest BCUT2D eigenvalue weighted by atomic mass is 16.5. The Morgan fingerprint density at radius 3 is 2.56 bits per heavy atom. The molecule has 0 spiro atoms. The second kappa shape index (κ2) is 7.70. The van der Waals surface area contributed by atoms with E-state index in [0.29, 0.717) is 11.5 Å². The van der Waals surface area contributed by atoms with E-state index in [-0.39, 0.29) is 12.1 Å². The Morgan fingerprint density at radius 1 is 1.12 bits per heavy atom. The van der Waals surface area contributed by atoms with Crippen molar-refractivity contribution in [3.05, 3.63) is 65.2 Å². The number of hydrogen-bond acceptors (Lipinski definition) is 3. The van der Waals surface area contributed by atoms with Crippen molar-refractivity contribution in [1.82, 2.24) is 0 Å². The molecule has 4 nitrogen and oxygen atoms in total. The van der Waals surface area contributed by atoms with E-state index in [0.717, 1.165) is 30.7 Å². The van der Waals surface area contributed by atoms with Gasteiger partial charge in [0.05, 0.1) is 17.7 Å². The maximum Gasteiger partial charge on any atom is 0.335 e. The van der Waals surface area contributed by atoms with Crippen molar-refractivity contribution in [1.29, 1.82) is 0 Å². The van der Waals surface area contributed by atoms with Gasteiger partial charge in [0.1, 0.15) is 0 Å². The largest absolute Gasteiger partial charge is 0.478 e. The van der Waals surface area contributed by atoms with Gasteiger partial charge in [-0.3, -0.25) is 0 Å². The van der Waals surface area contributed by atoms with Crippen molar-refractivity contribution in [2.45, 2.75) is 38.8 Å². The summed E-state index contributed by atoms with van der Waals surface area (Å²) in [6.45, 7) is 4.81. The van der Waals surface area contributed by atoms with Crippen LogP contribution in [0.1, 0.15) is 60.3 Å². The fourth-order valence-corrected chi connectivity index (χ4v) is 3.78. The van der Waals surface area contributed by atoms with Crippen molar-refractivity contribution in [3.8, 4) is 0 Å². The zero-order chi connectivity index (χ0) is 17.8. The number of fused-ring (bicyclic) bond motifs is 3. The van der Waals surface area contributed by atoms with E-state index in [1.165, 1.54) is 5.56 Å². The number of rotatable bonds is 2. The molecule has 0 radical (unpaired) electrons. The summed E-state index contributed by atoms with van der Waals surface area (Å²) in [6.07, 6.45) is 2.29. The maximum absolute atomic E-state index is 11.0. The van der Waals surface area contributed by atoms with Crippen LogP contribution in [0.2, 0.25) is 0 Å². The Labute approximate surface area is 148 Å². The first-order valence-corrected chi connectivity index (χ1v) is 9.04. The minimum absolute atomic E-state index is 0.116. The third kappa shape index (κ3) is 3.40. The lowest BCUT2D eigenvalue weighted by Gasteiger charge is -2.43. The van der Waals surface area contributed by atoms with Gasteiger partial charge in [0.2, 0.25) is 0 Å². The van der Waals surface area contributed by atoms with E-state index in [4.69, 9.17) is 9.84 Å². The molecule has 0 saturated carbocycles. The van der Waals surface area contributed by atoms with Crippen molar-refractivity contribution in [3.63, 3.8) is 0 Å². The summed E-state index contributed by atoms with van der Waals surface area (Å²) in [4.78, 5) is 11.0. The van der Waals surface area contributed by atoms with Gasteiger partial charge in [-0.1, -0.05) is 44.2 Å². The molecule has 2 aliphatic heterocycles. The smallest absolute Gasteiger partial charge is 0.335 e. The summed E-state index contributed by atoms with van der Waals surface area (Å²) >= 11 is 0. The van der Waals surface area contributed by atoms with Gasteiger partial charge < -0.3 is 15.2 Å². The zero-order valence-electron chi connectivity index (χ0n) is 14.7. The molecule has 2 heterocycles. The maximum atomic E-state index is 11.0. The predicted molar refractivity (Wildman–Crippen MR) is 99.0 cm³/mol. The molecular weight excluding hydrogens is 314 g/mol. The van der Waals surface area contributed by atoms with Crippen LogP contribution in [0.25, 0.3) is 0 Å². The van der Waals surface area contributed by atoms with Gasteiger partial charge in [0.25, 0.3) is 0 Å². The molecule has 0 aliphatic carbocycles. The number of anilines is 1. The highest BCUT2D eigenvalue weighted by Crippen LogP contribution is 2.48. The fourth-order valence-electron chi connectivity index (χ4n) is 3.78. The summed E-state index contributed by atoms with van der Waals surface area (Å²) in [7, 11) is 0. The molecule has 1 fully saturated rings. The van der Waals surface area contributed by atoms with Crippen LogP contribution < -0.4 is 5.32 Å². The molecule has 4 rings (SSSR count). The topological polar surface area (TPSA) is 58.6 Å². The Hall–Kier alpha value is -2.33. The number of carboxylic acids is 1. The van der Waals surface area contributed by atoms with E-state index >= 15 is 0 Å². The lowest BCUT2D eigenvalue weighted by atomic mass is 9.77. The van der Waals surface area contributed by atoms with Gasteiger partial charge in [-0.05, 0) is 36.6 Å². The summed E-state index contributed by atoms with van der Waals surface area (Å²) in [5.74, 6) is -0.522. The molecule has 2 N–H and O–H groups in total. The van der Waals surface area contributed by atoms with Gasteiger partial charge in [-0.15, -0.1) is 0 Å². The van der Waals surface area contributed by atoms with E-state index in [2.05, 4.69) is 23.5 Å². The number of hydrogen-bond donors (Lipinski definition) is 2. The van der Waals surface area contributed by atoms with E-state index in [1.54, 1.807) is 12.1 Å². The minimum Gasteiger partial charge on any atom is -0.478 e. The zero-order valence-corrected chi connectivity index (χ0v) is 14.7. The summed E-state index contributed by atoms with van der Waals surface area (Å²) in [6, 6.07) is 15.6. The molecule has 25 heavy (non-hydrogen) atoms. The number of ether oxygens (including phenoxy) is 1. The van der Waals surface area contributed by atoms with Gasteiger partial charge in [-0.25, -0.2) is 4.79 Å². The quantitative estimate of drug-likeness (QED) is 0.804. The van der Waals surface area contributed by atoms with Crippen LogP contribution in [0.4, 0.5) is 5.69 Å². The molecule has 0 aromatic heterocycles. The van der Waals surface area contributed by atoms with Crippen molar-refractivity contribution in [2.24, 2.45) is 5.92 Å². The third-order valence-corrected chi connectivity index (χ3v) is 4.89. The molecule has 2 aliphatic rings. The first-order valence-electron chi connectivity index (χ1n) is 9.04. The second-order valence-corrected chi connectivity index (χ2v) is 6.23. The summed E-state index contributed by atoms with van der Waals surface area (Å²) < 4.78 is 6.09. The van der Waals surface area contributed by atoms with Crippen molar-refractivity contribution < 1.29 is 14.6 Å². The molecule has 3 atom stereocenters. The van der Waals surface area contributed by atoms with Crippen LogP contribution >= 0.6 is 0 Å². The molecule has 4 heteroatoms. The normalized spacial score (nSPS) is 24.0. The van der Waals surface area contributed by atoms with Crippen LogP contribution in [0.3, 0.4) is 0 Å². The molecule has 1 saturated heterocycles. The first kappa shape index (κ1) is 17.5. The number of benzene rings is 2. The molecule has 3 unspecified atom stereocenters.